The summed E-state index contributed by atoms with van der Waals surface area (Å²) in [6.07, 6.45) is 3.42. The van der Waals surface area contributed by atoms with Gasteiger partial charge in [0.2, 0.25) is 0 Å². The molecule has 1 amide bonds. The van der Waals surface area contributed by atoms with Crippen molar-refractivity contribution < 1.29 is 15.0 Å². The predicted octanol–water partition coefficient (Wildman–Crippen LogP) is 2.83. The molecule has 1 aliphatic rings. The summed E-state index contributed by atoms with van der Waals surface area (Å²) in [4.78, 5) is 12.1. The Hall–Kier alpha value is -1.07. The van der Waals surface area contributed by atoms with E-state index in [1.54, 1.807) is 12.1 Å². The average molecular weight is 342 g/mol. The Balaban J connectivity index is 2.03. The van der Waals surface area contributed by atoms with Crippen LogP contribution >= 0.6 is 15.9 Å². The van der Waals surface area contributed by atoms with E-state index in [0.29, 0.717) is 6.54 Å². The maximum atomic E-state index is 12.1. The van der Waals surface area contributed by atoms with Crippen molar-refractivity contribution in [1.82, 2.24) is 5.32 Å². The summed E-state index contributed by atoms with van der Waals surface area (Å²) >= 11 is 3.28. The topological polar surface area (TPSA) is 69.6 Å². The van der Waals surface area contributed by atoms with E-state index in [1.165, 1.54) is 6.07 Å². The fourth-order valence-electron chi connectivity index (χ4n) is 2.66. The van der Waals surface area contributed by atoms with Crippen molar-refractivity contribution >= 4 is 21.8 Å². The summed E-state index contributed by atoms with van der Waals surface area (Å²) in [5, 5.41) is 22.7. The number of phenols is 1. The number of rotatable bonds is 3. The van der Waals surface area contributed by atoms with Gasteiger partial charge in [-0.25, -0.2) is 0 Å². The molecule has 110 valence electrons. The van der Waals surface area contributed by atoms with Crippen LogP contribution in [-0.4, -0.2) is 28.8 Å². The lowest BCUT2D eigenvalue weighted by Crippen LogP contribution is -2.45. The maximum Gasteiger partial charge on any atom is 0.255 e. The Morgan fingerprint density at radius 3 is 2.95 bits per heavy atom. The van der Waals surface area contributed by atoms with Crippen LogP contribution < -0.4 is 5.32 Å². The minimum absolute atomic E-state index is 0.0416. The van der Waals surface area contributed by atoms with Gasteiger partial charge in [0.15, 0.2) is 0 Å². The third-order valence-electron chi connectivity index (χ3n) is 4.14. The molecule has 4 nitrogen and oxygen atoms in total. The number of carbonyl (C=O) groups excluding carboxylic acids is 1. The molecule has 1 saturated carbocycles. The lowest BCUT2D eigenvalue weighted by molar-refractivity contribution is 0.00189. The Bertz CT molecular complexity index is 506. The van der Waals surface area contributed by atoms with Crippen LogP contribution in [0.2, 0.25) is 0 Å². The van der Waals surface area contributed by atoms with Gasteiger partial charge in [-0.2, -0.15) is 0 Å². The van der Waals surface area contributed by atoms with Crippen molar-refractivity contribution in [2.75, 3.05) is 6.54 Å². The first-order valence-corrected chi connectivity index (χ1v) is 7.66. The van der Waals surface area contributed by atoms with Crippen molar-refractivity contribution in [3.8, 4) is 5.75 Å². The van der Waals surface area contributed by atoms with Crippen molar-refractivity contribution in [1.29, 1.82) is 0 Å². The molecule has 2 rings (SSSR count). The molecule has 3 N–H and O–H groups in total. The molecule has 0 aliphatic heterocycles. The Labute approximate surface area is 127 Å². The Morgan fingerprint density at radius 1 is 1.50 bits per heavy atom. The van der Waals surface area contributed by atoms with Gasteiger partial charge in [-0.1, -0.05) is 35.7 Å². The van der Waals surface area contributed by atoms with Crippen LogP contribution in [0.4, 0.5) is 0 Å². The van der Waals surface area contributed by atoms with E-state index in [9.17, 15) is 15.0 Å². The van der Waals surface area contributed by atoms with Gasteiger partial charge in [-0.05, 0) is 31.0 Å². The molecule has 0 saturated heterocycles. The third kappa shape index (κ3) is 3.33. The Kier molecular flexibility index (Phi) is 4.70. The second-order valence-electron chi connectivity index (χ2n) is 5.76. The molecule has 1 aromatic carbocycles. The first-order valence-electron chi connectivity index (χ1n) is 6.87. The average Bonchev–Trinajstić information content (AvgIpc) is 2.42. The highest BCUT2D eigenvalue weighted by Gasteiger charge is 2.35. The monoisotopic (exact) mass is 341 g/mol. The highest BCUT2D eigenvalue weighted by atomic mass is 79.9. The molecular weight excluding hydrogens is 322 g/mol. The quantitative estimate of drug-likeness (QED) is 0.791. The number of hydrogen-bond donors (Lipinski definition) is 3. The number of aromatic hydroxyl groups is 1. The van der Waals surface area contributed by atoms with E-state index in [4.69, 9.17) is 0 Å². The number of aliphatic hydroxyl groups excluding tert-OH is 1. The molecule has 0 aromatic heterocycles. The molecule has 0 bridgehead atoms. The van der Waals surface area contributed by atoms with E-state index in [-0.39, 0.29) is 28.7 Å². The molecule has 1 fully saturated rings. The zero-order valence-corrected chi connectivity index (χ0v) is 13.1. The van der Waals surface area contributed by atoms with Crippen molar-refractivity contribution in [3.63, 3.8) is 0 Å². The summed E-state index contributed by atoms with van der Waals surface area (Å²) < 4.78 is 0.740. The van der Waals surface area contributed by atoms with Gasteiger partial charge < -0.3 is 15.5 Å². The lowest BCUT2D eigenvalue weighted by Gasteiger charge is -2.38. The summed E-state index contributed by atoms with van der Waals surface area (Å²) in [5.74, 6) is -0.358. The number of hydrogen-bond acceptors (Lipinski definition) is 3. The molecule has 20 heavy (non-hydrogen) atoms. The first kappa shape index (κ1) is 15.3. The van der Waals surface area contributed by atoms with E-state index < -0.39 is 0 Å². The van der Waals surface area contributed by atoms with Gasteiger partial charge in [-0.3, -0.25) is 4.79 Å². The van der Waals surface area contributed by atoms with Crippen LogP contribution in [0.25, 0.3) is 0 Å². The molecule has 0 heterocycles. The van der Waals surface area contributed by atoms with Gasteiger partial charge in [0.1, 0.15) is 5.75 Å². The van der Waals surface area contributed by atoms with Crippen molar-refractivity contribution in [2.45, 2.75) is 38.7 Å². The third-order valence-corrected chi connectivity index (χ3v) is 4.63. The van der Waals surface area contributed by atoms with Crippen molar-refractivity contribution in [2.24, 2.45) is 5.41 Å². The zero-order chi connectivity index (χ0) is 14.8. The van der Waals surface area contributed by atoms with Crippen LogP contribution in [0.5, 0.6) is 5.75 Å². The van der Waals surface area contributed by atoms with Gasteiger partial charge in [0, 0.05) is 16.4 Å². The minimum atomic E-state index is -0.382. The first-order chi connectivity index (χ1) is 9.42. The SMILES string of the molecule is C[C@]1(CNC(=O)c2cc(Br)ccc2O)CCCC[C@@H]1O. The van der Waals surface area contributed by atoms with Crippen LogP contribution in [0.3, 0.4) is 0 Å². The largest absolute Gasteiger partial charge is 0.507 e. The second kappa shape index (κ2) is 6.14. The normalized spacial score (nSPS) is 26.2. The Morgan fingerprint density at radius 2 is 2.25 bits per heavy atom. The van der Waals surface area contributed by atoms with E-state index in [1.807, 2.05) is 6.92 Å². The van der Waals surface area contributed by atoms with E-state index >= 15 is 0 Å². The molecule has 5 heteroatoms. The maximum absolute atomic E-state index is 12.1. The zero-order valence-electron chi connectivity index (χ0n) is 11.5. The van der Waals surface area contributed by atoms with Crippen LogP contribution in [-0.2, 0) is 0 Å². The number of benzene rings is 1. The molecule has 2 atom stereocenters. The number of halogens is 1. The lowest BCUT2D eigenvalue weighted by atomic mass is 9.73. The minimum Gasteiger partial charge on any atom is -0.507 e. The molecular formula is C15H20BrNO3. The van der Waals surface area contributed by atoms with E-state index in [0.717, 1.165) is 30.2 Å². The fourth-order valence-corrected chi connectivity index (χ4v) is 3.02. The molecule has 0 radical (unpaired) electrons. The summed E-state index contributed by atoms with van der Waals surface area (Å²) in [6, 6.07) is 4.75. The summed E-state index contributed by atoms with van der Waals surface area (Å²) in [5.41, 5.74) is -0.0384. The highest BCUT2D eigenvalue weighted by molar-refractivity contribution is 9.10. The van der Waals surface area contributed by atoms with Gasteiger partial charge in [0.05, 0.1) is 11.7 Å². The molecule has 1 aliphatic carbocycles. The van der Waals surface area contributed by atoms with Crippen LogP contribution in [0.1, 0.15) is 43.0 Å². The molecule has 0 unspecified atom stereocenters. The number of aliphatic hydroxyl groups is 1. The standard InChI is InChI=1S/C15H20BrNO3/c1-15(7-3-2-4-13(15)19)9-17-14(20)11-8-10(16)5-6-12(11)18/h5-6,8,13,18-19H,2-4,7,9H2,1H3,(H,17,20)/t13-,15+/m0/s1. The van der Waals surface area contributed by atoms with Crippen molar-refractivity contribution in [3.05, 3.63) is 28.2 Å². The summed E-state index contributed by atoms with van der Waals surface area (Å²) in [7, 11) is 0. The van der Waals surface area contributed by atoms with Gasteiger partial charge in [0.25, 0.3) is 5.91 Å². The highest BCUT2D eigenvalue weighted by Crippen LogP contribution is 2.35. The fraction of sp³-hybridized carbons (Fsp3) is 0.533. The molecule has 0 spiro atoms. The summed E-state index contributed by atoms with van der Waals surface area (Å²) in [6.45, 7) is 2.41. The molecule has 1 aromatic rings. The van der Waals surface area contributed by atoms with Gasteiger partial charge >= 0.3 is 0 Å². The smallest absolute Gasteiger partial charge is 0.255 e. The van der Waals surface area contributed by atoms with Crippen LogP contribution in [0.15, 0.2) is 22.7 Å². The number of carbonyl (C=O) groups is 1. The van der Waals surface area contributed by atoms with E-state index in [2.05, 4.69) is 21.2 Å². The number of nitrogens with one attached hydrogen (secondary N) is 1. The predicted molar refractivity (Wildman–Crippen MR) is 80.7 cm³/mol. The van der Waals surface area contributed by atoms with Gasteiger partial charge in [-0.15, -0.1) is 0 Å². The number of amides is 1. The number of phenolic OH excluding ortho intramolecular Hbond substituents is 1. The van der Waals surface area contributed by atoms with Crippen LogP contribution in [0, 0.1) is 5.41 Å². The second-order valence-corrected chi connectivity index (χ2v) is 6.68.